The number of benzene rings is 3. The molecule has 0 saturated carbocycles. The van der Waals surface area contributed by atoms with Crippen LogP contribution in [0.4, 0.5) is 11.4 Å². The van der Waals surface area contributed by atoms with Crippen molar-refractivity contribution in [1.29, 1.82) is 0 Å². The van der Waals surface area contributed by atoms with Crippen LogP contribution >= 0.6 is 11.8 Å². The molecule has 1 amide bonds. The van der Waals surface area contributed by atoms with Gasteiger partial charge in [-0.05, 0) is 48.7 Å². The number of anilines is 1. The summed E-state index contributed by atoms with van der Waals surface area (Å²) in [5.41, 5.74) is 2.83. The summed E-state index contributed by atoms with van der Waals surface area (Å²) in [6.07, 6.45) is 0. The summed E-state index contributed by atoms with van der Waals surface area (Å²) >= 11 is 1.13. The number of aromatic nitrogens is 2. The number of para-hydroxylation sites is 1. The lowest BCUT2D eigenvalue weighted by Crippen LogP contribution is -2.23. The minimum Gasteiger partial charge on any atom is -0.325 e. The molecule has 4 rings (SSSR count). The number of hydrogen-bond acceptors (Lipinski definition) is 6. The first-order valence-corrected chi connectivity index (χ1v) is 12.0. The molecule has 1 heterocycles. The van der Waals surface area contributed by atoms with E-state index in [4.69, 9.17) is 0 Å². The smallest absolute Gasteiger partial charge is 0.274 e. The molecule has 8 nitrogen and oxygen atoms in total. The molecule has 0 atom stereocenters. The third kappa shape index (κ3) is 5.09. The first kappa shape index (κ1) is 24.2. The van der Waals surface area contributed by atoms with Gasteiger partial charge in [0.25, 0.3) is 11.2 Å². The molecule has 1 N–H and O–H groups in total. The van der Waals surface area contributed by atoms with Gasteiger partial charge in [-0.25, -0.2) is 4.98 Å². The molecule has 0 unspecified atom stereocenters. The second-order valence-electron chi connectivity index (χ2n) is 8.34. The van der Waals surface area contributed by atoms with E-state index in [0.717, 1.165) is 17.3 Å². The van der Waals surface area contributed by atoms with Gasteiger partial charge in [0.2, 0.25) is 5.91 Å². The number of amides is 1. The van der Waals surface area contributed by atoms with E-state index < -0.39 is 4.92 Å². The number of hydrogen-bond donors (Lipinski definition) is 1. The normalized spacial score (nSPS) is 11.1. The van der Waals surface area contributed by atoms with Crippen molar-refractivity contribution < 1.29 is 9.72 Å². The average molecular weight is 489 g/mol. The first-order chi connectivity index (χ1) is 16.8. The Labute approximate surface area is 206 Å². The number of nitrogens with zero attached hydrogens (tertiary/aromatic N) is 3. The number of thioether (sulfide) groups is 1. The fourth-order valence-electron chi connectivity index (χ4n) is 3.72. The van der Waals surface area contributed by atoms with Gasteiger partial charge in [-0.1, -0.05) is 55.9 Å². The van der Waals surface area contributed by atoms with E-state index in [2.05, 4.69) is 24.1 Å². The van der Waals surface area contributed by atoms with Gasteiger partial charge >= 0.3 is 0 Å². The van der Waals surface area contributed by atoms with Crippen molar-refractivity contribution in [3.63, 3.8) is 0 Å². The molecule has 0 saturated heterocycles. The van der Waals surface area contributed by atoms with E-state index >= 15 is 0 Å². The highest BCUT2D eigenvalue weighted by Gasteiger charge is 2.17. The monoisotopic (exact) mass is 488 g/mol. The highest BCUT2D eigenvalue weighted by molar-refractivity contribution is 7.99. The number of nitro groups is 1. The van der Waals surface area contributed by atoms with E-state index in [1.807, 2.05) is 30.3 Å². The fraction of sp³-hybridized carbons (Fsp3) is 0.192. The number of fused-ring (bicyclic) bond motifs is 1. The molecule has 0 bridgehead atoms. The Morgan fingerprint density at radius 3 is 2.49 bits per heavy atom. The van der Waals surface area contributed by atoms with Gasteiger partial charge in [-0.15, -0.1) is 0 Å². The number of nitro benzene ring substituents is 1. The largest absolute Gasteiger partial charge is 0.325 e. The van der Waals surface area contributed by atoms with Gasteiger partial charge in [-0.2, -0.15) is 0 Å². The summed E-state index contributed by atoms with van der Waals surface area (Å²) in [6.45, 7) is 5.79. The number of nitrogens with one attached hydrogen (secondary N) is 1. The van der Waals surface area contributed by atoms with Crippen LogP contribution in [0.15, 0.2) is 76.7 Å². The van der Waals surface area contributed by atoms with Crippen molar-refractivity contribution in [3.8, 4) is 5.69 Å². The topological polar surface area (TPSA) is 107 Å². The van der Waals surface area contributed by atoms with Gasteiger partial charge in [-0.3, -0.25) is 24.3 Å². The Morgan fingerprint density at radius 2 is 1.80 bits per heavy atom. The van der Waals surface area contributed by atoms with Crippen molar-refractivity contribution in [3.05, 3.63) is 98.3 Å². The van der Waals surface area contributed by atoms with E-state index in [1.165, 1.54) is 16.7 Å². The zero-order chi connectivity index (χ0) is 25.1. The minimum atomic E-state index is -0.484. The Kier molecular flexibility index (Phi) is 6.97. The van der Waals surface area contributed by atoms with Crippen LogP contribution in [0, 0.1) is 17.0 Å². The maximum absolute atomic E-state index is 13.4. The van der Waals surface area contributed by atoms with E-state index in [-0.39, 0.29) is 22.9 Å². The van der Waals surface area contributed by atoms with Crippen LogP contribution in [0.5, 0.6) is 0 Å². The molecule has 3 aromatic carbocycles. The highest BCUT2D eigenvalue weighted by atomic mass is 32.2. The average Bonchev–Trinajstić information content (AvgIpc) is 2.84. The van der Waals surface area contributed by atoms with E-state index in [9.17, 15) is 19.7 Å². The van der Waals surface area contributed by atoms with Crippen LogP contribution < -0.4 is 10.9 Å². The van der Waals surface area contributed by atoms with Crippen LogP contribution in [-0.4, -0.2) is 26.1 Å². The summed E-state index contributed by atoms with van der Waals surface area (Å²) < 4.78 is 1.52. The van der Waals surface area contributed by atoms with Crippen LogP contribution in [0.2, 0.25) is 0 Å². The number of carbonyl (C=O) groups is 1. The zero-order valence-electron chi connectivity index (χ0n) is 19.5. The molecule has 0 fully saturated rings. The van der Waals surface area contributed by atoms with Crippen molar-refractivity contribution in [2.75, 3.05) is 11.1 Å². The van der Waals surface area contributed by atoms with Gasteiger partial charge in [0.15, 0.2) is 5.16 Å². The molecular weight excluding hydrogens is 464 g/mol. The third-order valence-electron chi connectivity index (χ3n) is 5.67. The molecular formula is C26H24N4O4S. The zero-order valence-corrected chi connectivity index (χ0v) is 20.3. The van der Waals surface area contributed by atoms with Crippen molar-refractivity contribution >= 4 is 39.9 Å². The van der Waals surface area contributed by atoms with Crippen LogP contribution in [-0.2, 0) is 4.79 Å². The standard InChI is InChI=1S/C26H24N4O4S/c1-16(2)18-11-13-19(14-12-18)29-25(32)20-7-4-5-8-22(20)28-26(29)35-15-24(31)27-21-9-6-10-23(17(21)3)30(33)34/h4-14,16H,15H2,1-3H3,(H,27,31). The SMILES string of the molecule is Cc1c(NC(=O)CSc2nc3ccccc3c(=O)n2-c2ccc(C(C)C)cc2)cccc1[N+](=O)[O-]. The Bertz CT molecular complexity index is 1480. The Morgan fingerprint density at radius 1 is 1.09 bits per heavy atom. The number of carbonyl (C=O) groups excluding carboxylic acids is 1. The minimum absolute atomic E-state index is 0.0308. The lowest BCUT2D eigenvalue weighted by Gasteiger charge is -2.14. The third-order valence-corrected chi connectivity index (χ3v) is 6.61. The molecule has 9 heteroatoms. The van der Waals surface area contributed by atoms with Crippen molar-refractivity contribution in [1.82, 2.24) is 9.55 Å². The summed E-state index contributed by atoms with van der Waals surface area (Å²) in [5.74, 6) is -0.0372. The lowest BCUT2D eigenvalue weighted by molar-refractivity contribution is -0.385. The van der Waals surface area contributed by atoms with Crippen LogP contribution in [0.1, 0.15) is 30.9 Å². The molecule has 0 aliphatic rings. The molecule has 178 valence electrons. The molecule has 0 radical (unpaired) electrons. The van der Waals surface area contributed by atoms with E-state index in [1.54, 1.807) is 31.2 Å². The van der Waals surface area contributed by atoms with Crippen molar-refractivity contribution in [2.45, 2.75) is 31.8 Å². The first-order valence-electron chi connectivity index (χ1n) is 11.0. The van der Waals surface area contributed by atoms with Crippen LogP contribution in [0.25, 0.3) is 16.6 Å². The second-order valence-corrected chi connectivity index (χ2v) is 9.28. The quantitative estimate of drug-likeness (QED) is 0.160. The van der Waals surface area contributed by atoms with E-state index in [0.29, 0.717) is 38.9 Å². The lowest BCUT2D eigenvalue weighted by atomic mass is 10.0. The van der Waals surface area contributed by atoms with Crippen molar-refractivity contribution in [2.24, 2.45) is 0 Å². The maximum atomic E-state index is 13.4. The highest BCUT2D eigenvalue weighted by Crippen LogP contribution is 2.26. The molecule has 4 aromatic rings. The molecule has 1 aromatic heterocycles. The molecule has 0 spiro atoms. The molecule has 0 aliphatic heterocycles. The molecule has 0 aliphatic carbocycles. The second kappa shape index (κ2) is 10.1. The van der Waals surface area contributed by atoms with Crippen LogP contribution in [0.3, 0.4) is 0 Å². The summed E-state index contributed by atoms with van der Waals surface area (Å²) in [7, 11) is 0. The summed E-state index contributed by atoms with van der Waals surface area (Å²) in [4.78, 5) is 41.5. The van der Waals surface area contributed by atoms with Gasteiger partial charge in [0, 0.05) is 6.07 Å². The predicted octanol–water partition coefficient (Wildman–Crippen LogP) is 5.46. The van der Waals surface area contributed by atoms with Gasteiger partial charge in [0.05, 0.1) is 38.5 Å². The fourth-order valence-corrected chi connectivity index (χ4v) is 4.53. The number of rotatable bonds is 7. The Hall–Kier alpha value is -3.98. The Balaban J connectivity index is 1.65. The van der Waals surface area contributed by atoms with Gasteiger partial charge < -0.3 is 5.32 Å². The van der Waals surface area contributed by atoms with Gasteiger partial charge in [0.1, 0.15) is 0 Å². The predicted molar refractivity (Wildman–Crippen MR) is 139 cm³/mol. The maximum Gasteiger partial charge on any atom is 0.274 e. The summed E-state index contributed by atoms with van der Waals surface area (Å²) in [6, 6.07) is 19.3. The molecule has 35 heavy (non-hydrogen) atoms. The summed E-state index contributed by atoms with van der Waals surface area (Å²) in [5, 5.41) is 14.8.